The Hall–Kier alpha value is -2.79. The number of aromatic nitrogens is 2. The number of amides is 1. The summed E-state index contributed by atoms with van der Waals surface area (Å²) < 4.78 is 28.5. The molecule has 10 nitrogen and oxygen atoms in total. The molecule has 0 aliphatic carbocycles. The van der Waals surface area contributed by atoms with E-state index < -0.39 is 14.9 Å². The van der Waals surface area contributed by atoms with Crippen LogP contribution in [0.1, 0.15) is 22.5 Å². The standard InChI is InChI=1S/C19H25N5O5S/c1-13-5-6-17(11-14(13)2)30(28,29)22-9-7-21(8-10-22)18(25)12-23-16(4)19(24(26)27)15(3)20-23/h5-6,11H,7-10,12H2,1-4H3. The molecule has 1 aromatic heterocycles. The largest absolute Gasteiger partial charge is 0.338 e. The Labute approximate surface area is 175 Å². The van der Waals surface area contributed by atoms with E-state index in [2.05, 4.69) is 5.10 Å². The van der Waals surface area contributed by atoms with E-state index in [1.54, 1.807) is 30.0 Å². The van der Waals surface area contributed by atoms with Crippen molar-refractivity contribution in [3.8, 4) is 0 Å². The molecule has 3 rings (SSSR count). The number of sulfonamides is 1. The highest BCUT2D eigenvalue weighted by molar-refractivity contribution is 7.89. The van der Waals surface area contributed by atoms with Gasteiger partial charge in [-0.05, 0) is 51.0 Å². The fraction of sp³-hybridized carbons (Fsp3) is 0.474. The van der Waals surface area contributed by atoms with Gasteiger partial charge >= 0.3 is 5.69 Å². The number of aryl methyl sites for hydroxylation is 3. The first-order valence-corrected chi connectivity index (χ1v) is 11.0. The van der Waals surface area contributed by atoms with Crippen LogP contribution in [-0.2, 0) is 21.4 Å². The molecule has 162 valence electrons. The van der Waals surface area contributed by atoms with E-state index in [1.165, 1.54) is 15.9 Å². The summed E-state index contributed by atoms with van der Waals surface area (Å²) in [4.78, 5) is 25.1. The molecule has 0 spiro atoms. The van der Waals surface area contributed by atoms with Crippen LogP contribution in [0, 0.1) is 37.8 Å². The smallest absolute Gasteiger partial charge is 0.312 e. The number of carbonyl (C=O) groups excluding carboxylic acids is 1. The topological polar surface area (TPSA) is 119 Å². The first-order chi connectivity index (χ1) is 14.0. The van der Waals surface area contributed by atoms with Gasteiger partial charge in [0.2, 0.25) is 15.9 Å². The van der Waals surface area contributed by atoms with Crippen LogP contribution in [0.5, 0.6) is 0 Å². The van der Waals surface area contributed by atoms with Crippen molar-refractivity contribution in [2.75, 3.05) is 26.2 Å². The number of piperazine rings is 1. The number of benzene rings is 1. The molecule has 1 aliphatic heterocycles. The van der Waals surface area contributed by atoms with E-state index in [1.807, 2.05) is 13.8 Å². The lowest BCUT2D eigenvalue weighted by Gasteiger charge is -2.34. The van der Waals surface area contributed by atoms with Gasteiger partial charge in [0.25, 0.3) is 0 Å². The Morgan fingerprint density at radius 3 is 2.27 bits per heavy atom. The average molecular weight is 436 g/mol. The van der Waals surface area contributed by atoms with Crippen molar-refractivity contribution in [3.63, 3.8) is 0 Å². The van der Waals surface area contributed by atoms with Crippen molar-refractivity contribution < 1.29 is 18.1 Å². The van der Waals surface area contributed by atoms with E-state index in [-0.39, 0.29) is 54.9 Å². The molecule has 11 heteroatoms. The maximum atomic E-state index is 12.9. The summed E-state index contributed by atoms with van der Waals surface area (Å²) in [6, 6.07) is 5.05. The predicted octanol–water partition coefficient (Wildman–Crippen LogP) is 1.56. The molecular formula is C19H25N5O5S. The summed E-state index contributed by atoms with van der Waals surface area (Å²) in [5.41, 5.74) is 2.42. The van der Waals surface area contributed by atoms with Crippen molar-refractivity contribution in [1.29, 1.82) is 0 Å². The van der Waals surface area contributed by atoms with Gasteiger partial charge < -0.3 is 4.90 Å². The van der Waals surface area contributed by atoms with E-state index in [0.29, 0.717) is 5.69 Å². The molecule has 1 saturated heterocycles. The molecule has 2 aromatic rings. The summed E-state index contributed by atoms with van der Waals surface area (Å²) in [6.07, 6.45) is 0. The molecule has 2 heterocycles. The summed E-state index contributed by atoms with van der Waals surface area (Å²) in [7, 11) is -3.62. The number of carbonyl (C=O) groups is 1. The average Bonchev–Trinajstić information content (AvgIpc) is 2.97. The van der Waals surface area contributed by atoms with Gasteiger partial charge in [0.05, 0.1) is 9.82 Å². The molecule has 0 atom stereocenters. The molecular weight excluding hydrogens is 410 g/mol. The Bertz CT molecular complexity index is 1100. The molecule has 1 amide bonds. The van der Waals surface area contributed by atoms with Crippen LogP contribution in [0.4, 0.5) is 5.69 Å². The second-order valence-corrected chi connectivity index (χ2v) is 9.40. The minimum Gasteiger partial charge on any atom is -0.338 e. The maximum Gasteiger partial charge on any atom is 0.312 e. The zero-order valence-corrected chi connectivity index (χ0v) is 18.3. The summed E-state index contributed by atoms with van der Waals surface area (Å²) >= 11 is 0. The molecule has 30 heavy (non-hydrogen) atoms. The van der Waals surface area contributed by atoms with E-state index in [0.717, 1.165) is 11.1 Å². The van der Waals surface area contributed by atoms with Crippen LogP contribution in [-0.4, -0.2) is 64.4 Å². The molecule has 1 aliphatic rings. The highest BCUT2D eigenvalue weighted by atomic mass is 32.2. The van der Waals surface area contributed by atoms with Crippen molar-refractivity contribution in [1.82, 2.24) is 19.0 Å². The fourth-order valence-corrected chi connectivity index (χ4v) is 5.04. The molecule has 0 N–H and O–H groups in total. The van der Waals surface area contributed by atoms with Crippen LogP contribution in [0.25, 0.3) is 0 Å². The fourth-order valence-electron chi connectivity index (χ4n) is 3.54. The highest BCUT2D eigenvalue weighted by Gasteiger charge is 2.31. The van der Waals surface area contributed by atoms with Crippen molar-refractivity contribution in [2.45, 2.75) is 39.1 Å². The summed E-state index contributed by atoms with van der Waals surface area (Å²) in [5.74, 6) is -0.251. The Kier molecular flexibility index (Phi) is 5.95. The lowest BCUT2D eigenvalue weighted by atomic mass is 10.1. The van der Waals surface area contributed by atoms with Crippen LogP contribution < -0.4 is 0 Å². The van der Waals surface area contributed by atoms with E-state index in [9.17, 15) is 23.3 Å². The molecule has 0 bridgehead atoms. The normalized spacial score (nSPS) is 15.4. The molecule has 1 fully saturated rings. The van der Waals surface area contributed by atoms with Crippen molar-refractivity contribution in [3.05, 3.63) is 50.8 Å². The van der Waals surface area contributed by atoms with Gasteiger partial charge in [0.15, 0.2) is 0 Å². The highest BCUT2D eigenvalue weighted by Crippen LogP contribution is 2.23. The van der Waals surface area contributed by atoms with Crippen molar-refractivity contribution >= 4 is 21.6 Å². The third kappa shape index (κ3) is 4.08. The molecule has 0 saturated carbocycles. The Balaban J connectivity index is 1.66. The minimum absolute atomic E-state index is 0.0906. The van der Waals surface area contributed by atoms with Crippen LogP contribution in [0.3, 0.4) is 0 Å². The third-order valence-corrected chi connectivity index (χ3v) is 7.41. The molecule has 1 aromatic carbocycles. The lowest BCUT2D eigenvalue weighted by molar-refractivity contribution is -0.386. The van der Waals surface area contributed by atoms with Crippen molar-refractivity contribution in [2.24, 2.45) is 0 Å². The second-order valence-electron chi connectivity index (χ2n) is 7.47. The number of hydrogen-bond donors (Lipinski definition) is 0. The van der Waals surface area contributed by atoms with Crippen LogP contribution >= 0.6 is 0 Å². The first kappa shape index (κ1) is 21.9. The summed E-state index contributed by atoms with van der Waals surface area (Å²) in [6.45, 7) is 7.65. The zero-order valence-electron chi connectivity index (χ0n) is 17.5. The SMILES string of the molecule is Cc1ccc(S(=O)(=O)N2CCN(C(=O)Cn3nc(C)c([N+](=O)[O-])c3C)CC2)cc1C. The van der Waals surface area contributed by atoms with Gasteiger partial charge in [0, 0.05) is 26.2 Å². The van der Waals surface area contributed by atoms with Gasteiger partial charge in [-0.15, -0.1) is 0 Å². The monoisotopic (exact) mass is 435 g/mol. The maximum absolute atomic E-state index is 12.9. The predicted molar refractivity (Wildman–Crippen MR) is 110 cm³/mol. The van der Waals surface area contributed by atoms with E-state index >= 15 is 0 Å². The molecule has 0 radical (unpaired) electrons. The van der Waals surface area contributed by atoms with Crippen LogP contribution in [0.2, 0.25) is 0 Å². The number of rotatable bonds is 5. The first-order valence-electron chi connectivity index (χ1n) is 9.56. The van der Waals surface area contributed by atoms with Gasteiger partial charge in [-0.25, -0.2) is 8.42 Å². The summed E-state index contributed by atoms with van der Waals surface area (Å²) in [5, 5.41) is 15.2. The lowest BCUT2D eigenvalue weighted by Crippen LogP contribution is -2.51. The molecule has 0 unspecified atom stereocenters. The Morgan fingerprint density at radius 2 is 1.73 bits per heavy atom. The number of nitro groups is 1. The van der Waals surface area contributed by atoms with Gasteiger partial charge in [-0.1, -0.05) is 6.07 Å². The quantitative estimate of drug-likeness (QED) is 0.519. The van der Waals surface area contributed by atoms with Gasteiger partial charge in [-0.3, -0.25) is 19.6 Å². The zero-order chi connectivity index (χ0) is 22.2. The second kappa shape index (κ2) is 8.15. The number of hydrogen-bond acceptors (Lipinski definition) is 6. The van der Waals surface area contributed by atoms with E-state index in [4.69, 9.17) is 0 Å². The van der Waals surface area contributed by atoms with Crippen LogP contribution in [0.15, 0.2) is 23.1 Å². The third-order valence-electron chi connectivity index (χ3n) is 5.52. The van der Waals surface area contributed by atoms with Gasteiger partial charge in [0.1, 0.15) is 17.9 Å². The Morgan fingerprint density at radius 1 is 1.10 bits per heavy atom. The number of nitrogens with zero attached hydrogens (tertiary/aromatic N) is 5. The minimum atomic E-state index is -3.62. The van der Waals surface area contributed by atoms with Gasteiger partial charge in [-0.2, -0.15) is 9.40 Å².